The minimum atomic E-state index is -3.46. The average Bonchev–Trinajstić information content (AvgIpc) is 2.44. The molecule has 0 aliphatic heterocycles. The molecule has 0 amide bonds. The average molecular weight is 315 g/mol. The molecule has 1 heterocycles. The summed E-state index contributed by atoms with van der Waals surface area (Å²) in [5.41, 5.74) is 0.131. The number of carboxylic acid groups (broad SMARTS) is 1. The Bertz CT molecular complexity index is 601. The Morgan fingerprint density at radius 1 is 1.43 bits per heavy atom. The maximum Gasteiger partial charge on any atom is 0.339 e. The van der Waals surface area contributed by atoms with Crippen molar-refractivity contribution in [1.82, 2.24) is 4.98 Å². The van der Waals surface area contributed by atoms with Gasteiger partial charge in [-0.05, 0) is 19.4 Å². The van der Waals surface area contributed by atoms with E-state index in [2.05, 4.69) is 9.71 Å². The summed E-state index contributed by atoms with van der Waals surface area (Å²) in [7, 11) is -1.69. The molecule has 0 unspecified atom stereocenters. The van der Waals surface area contributed by atoms with Gasteiger partial charge in [0.2, 0.25) is 10.0 Å². The fraction of sp³-hybridized carbons (Fsp3) is 0.538. The van der Waals surface area contributed by atoms with E-state index in [-0.39, 0.29) is 17.0 Å². The first-order valence-electron chi connectivity index (χ1n) is 6.75. The van der Waals surface area contributed by atoms with E-state index in [1.807, 2.05) is 6.92 Å². The lowest BCUT2D eigenvalue weighted by Crippen LogP contribution is -2.23. The normalized spacial score (nSPS) is 11.2. The van der Waals surface area contributed by atoms with Gasteiger partial charge in [-0.25, -0.2) is 18.2 Å². The zero-order valence-corrected chi connectivity index (χ0v) is 13.3. The smallest absolute Gasteiger partial charge is 0.339 e. The minimum Gasteiger partial charge on any atom is -0.478 e. The highest BCUT2D eigenvalue weighted by Crippen LogP contribution is 2.21. The summed E-state index contributed by atoms with van der Waals surface area (Å²) in [6, 6.07) is 1.29. The van der Waals surface area contributed by atoms with Gasteiger partial charge in [0.05, 0.1) is 17.6 Å². The summed E-state index contributed by atoms with van der Waals surface area (Å²) in [6.07, 6.45) is 3.24. The SMILES string of the molecule is CCCCN(C)c1ncc(NS(=O)(=O)CC)cc1C(=O)O. The van der Waals surface area contributed by atoms with Gasteiger partial charge in [-0.1, -0.05) is 13.3 Å². The minimum absolute atomic E-state index is 0.0232. The molecule has 0 saturated carbocycles. The summed E-state index contributed by atoms with van der Waals surface area (Å²) in [4.78, 5) is 17.2. The number of hydrogen-bond donors (Lipinski definition) is 2. The zero-order chi connectivity index (χ0) is 16.0. The molecule has 21 heavy (non-hydrogen) atoms. The van der Waals surface area contributed by atoms with E-state index in [9.17, 15) is 18.3 Å². The maximum absolute atomic E-state index is 11.5. The molecule has 8 heteroatoms. The Hall–Kier alpha value is -1.83. The number of carbonyl (C=O) groups is 1. The molecule has 7 nitrogen and oxygen atoms in total. The number of anilines is 2. The van der Waals surface area contributed by atoms with E-state index in [0.29, 0.717) is 12.4 Å². The standard InChI is InChI=1S/C13H21N3O4S/c1-4-6-7-16(3)12-11(13(17)18)8-10(9-14-12)15-21(19,20)5-2/h8-9,15H,4-7H2,1-3H3,(H,17,18). The second-order valence-corrected chi connectivity index (χ2v) is 6.69. The van der Waals surface area contributed by atoms with Gasteiger partial charge in [0, 0.05) is 13.6 Å². The molecule has 1 aromatic rings. The molecule has 0 fully saturated rings. The van der Waals surface area contributed by atoms with Gasteiger partial charge in [-0.3, -0.25) is 4.72 Å². The fourth-order valence-corrected chi connectivity index (χ4v) is 2.34. The first-order chi connectivity index (χ1) is 9.80. The van der Waals surface area contributed by atoms with Gasteiger partial charge in [0.1, 0.15) is 11.4 Å². The summed E-state index contributed by atoms with van der Waals surface area (Å²) < 4.78 is 25.3. The highest BCUT2D eigenvalue weighted by Gasteiger charge is 2.17. The molecular weight excluding hydrogens is 294 g/mol. The van der Waals surface area contributed by atoms with Crippen LogP contribution in [0.1, 0.15) is 37.0 Å². The third kappa shape index (κ3) is 4.89. The van der Waals surface area contributed by atoms with Crippen molar-refractivity contribution in [3.05, 3.63) is 17.8 Å². The maximum atomic E-state index is 11.5. The van der Waals surface area contributed by atoms with Crippen molar-refractivity contribution >= 4 is 27.5 Å². The predicted molar refractivity (Wildman–Crippen MR) is 82.5 cm³/mol. The summed E-state index contributed by atoms with van der Waals surface area (Å²) in [5, 5.41) is 9.28. The molecule has 1 aromatic heterocycles. The van der Waals surface area contributed by atoms with Crippen LogP contribution >= 0.6 is 0 Å². The van der Waals surface area contributed by atoms with Crippen LogP contribution in [0.3, 0.4) is 0 Å². The topological polar surface area (TPSA) is 99.6 Å². The monoisotopic (exact) mass is 315 g/mol. The highest BCUT2D eigenvalue weighted by molar-refractivity contribution is 7.92. The number of hydrogen-bond acceptors (Lipinski definition) is 5. The number of aromatic carboxylic acids is 1. The Balaban J connectivity index is 3.10. The van der Waals surface area contributed by atoms with E-state index in [4.69, 9.17) is 0 Å². The van der Waals surface area contributed by atoms with Gasteiger partial charge in [-0.15, -0.1) is 0 Å². The van der Waals surface area contributed by atoms with Gasteiger partial charge < -0.3 is 10.0 Å². The third-order valence-corrected chi connectivity index (χ3v) is 4.27. The number of nitrogens with zero attached hydrogens (tertiary/aromatic N) is 2. The molecule has 0 spiro atoms. The Morgan fingerprint density at radius 3 is 2.62 bits per heavy atom. The highest BCUT2D eigenvalue weighted by atomic mass is 32.2. The number of nitrogens with one attached hydrogen (secondary N) is 1. The van der Waals surface area contributed by atoms with Crippen LogP contribution in [-0.2, 0) is 10.0 Å². The van der Waals surface area contributed by atoms with Crippen LogP contribution in [0.4, 0.5) is 11.5 Å². The van der Waals surface area contributed by atoms with Gasteiger partial charge in [0.25, 0.3) is 0 Å². The Kier molecular flexibility index (Phi) is 5.95. The number of carboxylic acids is 1. The van der Waals surface area contributed by atoms with Crippen molar-refractivity contribution in [2.24, 2.45) is 0 Å². The second-order valence-electron chi connectivity index (χ2n) is 4.68. The quantitative estimate of drug-likeness (QED) is 0.758. The van der Waals surface area contributed by atoms with Crippen molar-refractivity contribution in [2.75, 3.05) is 29.0 Å². The molecule has 0 bridgehead atoms. The van der Waals surface area contributed by atoms with Crippen LogP contribution in [0, 0.1) is 0 Å². The summed E-state index contributed by atoms with van der Waals surface area (Å²) in [5.74, 6) is -0.901. The third-order valence-electron chi connectivity index (χ3n) is 2.96. The van der Waals surface area contributed by atoms with Crippen molar-refractivity contribution in [2.45, 2.75) is 26.7 Å². The summed E-state index contributed by atoms with van der Waals surface area (Å²) >= 11 is 0. The molecule has 0 aromatic carbocycles. The van der Waals surface area contributed by atoms with E-state index in [1.54, 1.807) is 11.9 Å². The van der Waals surface area contributed by atoms with E-state index in [1.165, 1.54) is 19.2 Å². The molecule has 0 aliphatic carbocycles. The van der Waals surface area contributed by atoms with Crippen LogP contribution in [0.2, 0.25) is 0 Å². The lowest BCUT2D eigenvalue weighted by molar-refractivity contribution is 0.0697. The molecule has 2 N–H and O–H groups in total. The fourth-order valence-electron chi connectivity index (χ4n) is 1.73. The van der Waals surface area contributed by atoms with Crippen LogP contribution in [-0.4, -0.2) is 43.8 Å². The predicted octanol–water partition coefficient (Wildman–Crippen LogP) is 1.78. The van der Waals surface area contributed by atoms with E-state index in [0.717, 1.165) is 12.8 Å². The molecule has 118 valence electrons. The van der Waals surface area contributed by atoms with Crippen LogP contribution in [0.25, 0.3) is 0 Å². The zero-order valence-electron chi connectivity index (χ0n) is 12.5. The van der Waals surface area contributed by atoms with Gasteiger partial charge >= 0.3 is 5.97 Å². The first-order valence-corrected chi connectivity index (χ1v) is 8.41. The largest absolute Gasteiger partial charge is 0.478 e. The molecular formula is C13H21N3O4S. The Morgan fingerprint density at radius 2 is 2.10 bits per heavy atom. The van der Waals surface area contributed by atoms with Crippen LogP contribution in [0.5, 0.6) is 0 Å². The van der Waals surface area contributed by atoms with Gasteiger partial charge in [-0.2, -0.15) is 0 Å². The number of rotatable bonds is 8. The van der Waals surface area contributed by atoms with E-state index < -0.39 is 16.0 Å². The summed E-state index contributed by atoms with van der Waals surface area (Å²) in [6.45, 7) is 4.23. The molecule has 0 radical (unpaired) electrons. The lowest BCUT2D eigenvalue weighted by Gasteiger charge is -2.20. The van der Waals surface area contributed by atoms with Crippen molar-refractivity contribution in [3.63, 3.8) is 0 Å². The number of unbranched alkanes of at least 4 members (excludes halogenated alkanes) is 1. The first kappa shape index (κ1) is 17.2. The molecule has 0 aliphatic rings. The molecule has 0 atom stereocenters. The van der Waals surface area contributed by atoms with Crippen molar-refractivity contribution < 1.29 is 18.3 Å². The number of aromatic nitrogens is 1. The second kappa shape index (κ2) is 7.26. The number of sulfonamides is 1. The lowest BCUT2D eigenvalue weighted by atomic mass is 10.2. The van der Waals surface area contributed by atoms with Crippen molar-refractivity contribution in [1.29, 1.82) is 0 Å². The van der Waals surface area contributed by atoms with Crippen LogP contribution in [0.15, 0.2) is 12.3 Å². The van der Waals surface area contributed by atoms with Crippen LogP contribution < -0.4 is 9.62 Å². The van der Waals surface area contributed by atoms with E-state index >= 15 is 0 Å². The van der Waals surface area contributed by atoms with Crippen molar-refractivity contribution in [3.8, 4) is 0 Å². The number of pyridine rings is 1. The molecule has 0 saturated heterocycles. The Labute approximate surface area is 125 Å². The van der Waals surface area contributed by atoms with Gasteiger partial charge in [0.15, 0.2) is 0 Å². The molecule has 1 rings (SSSR count).